The van der Waals surface area contributed by atoms with Gasteiger partial charge in [-0.15, -0.1) is 0 Å². The summed E-state index contributed by atoms with van der Waals surface area (Å²) in [4.78, 5) is 0. The van der Waals surface area contributed by atoms with Gasteiger partial charge in [-0.3, -0.25) is 0 Å². The van der Waals surface area contributed by atoms with Crippen molar-refractivity contribution in [3.05, 3.63) is 77.6 Å². The van der Waals surface area contributed by atoms with E-state index < -0.39 is 0 Å². The van der Waals surface area contributed by atoms with Crippen LogP contribution in [0.15, 0.2) is 60.7 Å². The fraction of sp³-hybridized carbons (Fsp3) is 0.273. The molecular formula is C22H24FNO. The minimum atomic E-state index is -0.204. The van der Waals surface area contributed by atoms with E-state index in [9.17, 15) is 4.39 Å². The lowest BCUT2D eigenvalue weighted by Gasteiger charge is -2.15. The van der Waals surface area contributed by atoms with Gasteiger partial charge in [0.25, 0.3) is 0 Å². The number of benzene rings is 3. The van der Waals surface area contributed by atoms with Gasteiger partial charge in [-0.1, -0.05) is 55.8 Å². The van der Waals surface area contributed by atoms with Gasteiger partial charge in [0.15, 0.2) is 0 Å². The summed E-state index contributed by atoms with van der Waals surface area (Å²) >= 11 is 0. The van der Waals surface area contributed by atoms with Crippen LogP contribution in [0.1, 0.15) is 30.9 Å². The number of unbranched alkanes of at least 4 members (excludes halogenated alkanes) is 1. The first kappa shape index (κ1) is 17.4. The molecule has 3 aromatic carbocycles. The molecule has 0 bridgehead atoms. The molecule has 0 amide bonds. The van der Waals surface area contributed by atoms with E-state index in [0.717, 1.165) is 30.8 Å². The molecule has 3 rings (SSSR count). The van der Waals surface area contributed by atoms with Crippen molar-refractivity contribution in [2.75, 3.05) is 6.61 Å². The smallest absolute Gasteiger partial charge is 0.124 e. The molecule has 2 nitrogen and oxygen atoms in total. The SMILES string of the molecule is CCCCOc1ccc2ccccc2c1CNCc1ccc(F)cc1. The molecule has 25 heavy (non-hydrogen) atoms. The topological polar surface area (TPSA) is 21.3 Å². The van der Waals surface area contributed by atoms with Gasteiger partial charge < -0.3 is 10.1 Å². The maximum Gasteiger partial charge on any atom is 0.124 e. The van der Waals surface area contributed by atoms with Crippen LogP contribution in [0.5, 0.6) is 5.75 Å². The molecule has 0 heterocycles. The Hall–Kier alpha value is -2.39. The van der Waals surface area contributed by atoms with Crippen molar-refractivity contribution < 1.29 is 9.13 Å². The van der Waals surface area contributed by atoms with E-state index in [1.165, 1.54) is 28.5 Å². The summed E-state index contributed by atoms with van der Waals surface area (Å²) in [7, 11) is 0. The number of fused-ring (bicyclic) bond motifs is 1. The highest BCUT2D eigenvalue weighted by molar-refractivity contribution is 5.87. The summed E-state index contributed by atoms with van der Waals surface area (Å²) in [5.41, 5.74) is 2.24. The van der Waals surface area contributed by atoms with E-state index in [1.807, 2.05) is 12.1 Å². The van der Waals surface area contributed by atoms with Crippen LogP contribution >= 0.6 is 0 Å². The van der Waals surface area contributed by atoms with Crippen LogP contribution in [0.25, 0.3) is 10.8 Å². The van der Waals surface area contributed by atoms with Gasteiger partial charge in [0.2, 0.25) is 0 Å². The highest BCUT2D eigenvalue weighted by atomic mass is 19.1. The molecule has 130 valence electrons. The molecule has 0 radical (unpaired) electrons. The Bertz CT molecular complexity index is 814. The molecular weight excluding hydrogens is 313 g/mol. The number of ether oxygens (including phenoxy) is 1. The van der Waals surface area contributed by atoms with E-state index in [1.54, 1.807) is 0 Å². The number of rotatable bonds is 8. The van der Waals surface area contributed by atoms with Crippen LogP contribution < -0.4 is 10.1 Å². The van der Waals surface area contributed by atoms with Crippen molar-refractivity contribution >= 4 is 10.8 Å². The summed E-state index contributed by atoms with van der Waals surface area (Å²) in [6, 6.07) is 19.1. The second-order valence-corrected chi connectivity index (χ2v) is 6.20. The molecule has 3 aromatic rings. The summed E-state index contributed by atoms with van der Waals surface area (Å²) in [5.74, 6) is 0.739. The molecule has 0 atom stereocenters. The lowest BCUT2D eigenvalue weighted by molar-refractivity contribution is 0.306. The van der Waals surface area contributed by atoms with Crippen molar-refractivity contribution in [3.63, 3.8) is 0 Å². The Kier molecular flexibility index (Phi) is 6.02. The summed E-state index contributed by atoms with van der Waals surface area (Å²) in [6.07, 6.45) is 2.17. The summed E-state index contributed by atoms with van der Waals surface area (Å²) < 4.78 is 19.0. The van der Waals surface area contributed by atoms with E-state index in [4.69, 9.17) is 4.74 Å². The molecule has 0 aliphatic heterocycles. The largest absolute Gasteiger partial charge is 0.493 e. The Morgan fingerprint density at radius 2 is 1.72 bits per heavy atom. The molecule has 0 saturated heterocycles. The second kappa shape index (κ2) is 8.63. The normalized spacial score (nSPS) is 11.0. The van der Waals surface area contributed by atoms with Crippen LogP contribution in [0.4, 0.5) is 4.39 Å². The lowest BCUT2D eigenvalue weighted by atomic mass is 10.0. The van der Waals surface area contributed by atoms with Crippen LogP contribution in [-0.4, -0.2) is 6.61 Å². The van der Waals surface area contributed by atoms with Crippen molar-refractivity contribution in [3.8, 4) is 5.75 Å². The number of halogens is 1. The second-order valence-electron chi connectivity index (χ2n) is 6.20. The van der Waals surface area contributed by atoms with E-state index >= 15 is 0 Å². The third-order valence-corrected chi connectivity index (χ3v) is 4.30. The van der Waals surface area contributed by atoms with Crippen molar-refractivity contribution in [1.29, 1.82) is 0 Å². The van der Waals surface area contributed by atoms with Gasteiger partial charge in [-0.05, 0) is 41.0 Å². The Morgan fingerprint density at radius 3 is 2.52 bits per heavy atom. The van der Waals surface area contributed by atoms with Gasteiger partial charge in [-0.2, -0.15) is 0 Å². The average Bonchev–Trinajstić information content (AvgIpc) is 2.64. The molecule has 3 heteroatoms. The van der Waals surface area contributed by atoms with Crippen molar-refractivity contribution in [1.82, 2.24) is 5.32 Å². The molecule has 0 spiro atoms. The van der Waals surface area contributed by atoms with Gasteiger partial charge in [0, 0.05) is 18.7 Å². The molecule has 0 unspecified atom stereocenters. The standard InChI is InChI=1S/C22H24FNO/c1-2-3-14-25-22-13-10-18-6-4-5-7-20(18)21(22)16-24-15-17-8-11-19(23)12-9-17/h4-13,24H,2-3,14-16H2,1H3. The van der Waals surface area contributed by atoms with Gasteiger partial charge >= 0.3 is 0 Å². The van der Waals surface area contributed by atoms with E-state index in [-0.39, 0.29) is 5.82 Å². The number of hydrogen-bond acceptors (Lipinski definition) is 2. The predicted molar refractivity (Wildman–Crippen MR) is 101 cm³/mol. The van der Waals surface area contributed by atoms with Crippen LogP contribution in [0, 0.1) is 5.82 Å². The zero-order valence-electron chi connectivity index (χ0n) is 14.6. The van der Waals surface area contributed by atoms with Crippen LogP contribution in [0.3, 0.4) is 0 Å². The Labute approximate surface area is 148 Å². The molecule has 1 N–H and O–H groups in total. The Balaban J connectivity index is 1.76. The zero-order chi connectivity index (χ0) is 17.5. The van der Waals surface area contributed by atoms with Gasteiger partial charge in [0.05, 0.1) is 6.61 Å². The third-order valence-electron chi connectivity index (χ3n) is 4.30. The molecule has 0 saturated carbocycles. The van der Waals surface area contributed by atoms with E-state index in [0.29, 0.717) is 13.1 Å². The van der Waals surface area contributed by atoms with Crippen LogP contribution in [0.2, 0.25) is 0 Å². The molecule has 0 aliphatic carbocycles. The molecule has 0 aromatic heterocycles. The lowest BCUT2D eigenvalue weighted by Crippen LogP contribution is -2.14. The van der Waals surface area contributed by atoms with Gasteiger partial charge in [0.1, 0.15) is 11.6 Å². The first-order chi connectivity index (χ1) is 12.3. The monoisotopic (exact) mass is 337 g/mol. The fourth-order valence-electron chi connectivity index (χ4n) is 2.89. The van der Waals surface area contributed by atoms with Crippen molar-refractivity contribution in [2.45, 2.75) is 32.9 Å². The highest BCUT2D eigenvalue weighted by Crippen LogP contribution is 2.28. The zero-order valence-corrected chi connectivity index (χ0v) is 14.6. The Morgan fingerprint density at radius 1 is 0.920 bits per heavy atom. The van der Waals surface area contributed by atoms with Crippen LogP contribution in [-0.2, 0) is 13.1 Å². The highest BCUT2D eigenvalue weighted by Gasteiger charge is 2.09. The van der Waals surface area contributed by atoms with E-state index in [2.05, 4.69) is 48.6 Å². The maximum atomic E-state index is 13.0. The minimum absolute atomic E-state index is 0.204. The first-order valence-electron chi connectivity index (χ1n) is 8.86. The number of nitrogens with one attached hydrogen (secondary N) is 1. The third kappa shape index (κ3) is 4.58. The number of hydrogen-bond donors (Lipinski definition) is 1. The van der Waals surface area contributed by atoms with Crippen molar-refractivity contribution in [2.24, 2.45) is 0 Å². The molecule has 0 fully saturated rings. The fourth-order valence-corrected chi connectivity index (χ4v) is 2.89. The van der Waals surface area contributed by atoms with Gasteiger partial charge in [-0.25, -0.2) is 4.39 Å². The molecule has 0 aliphatic rings. The quantitative estimate of drug-likeness (QED) is 0.552. The summed E-state index contributed by atoms with van der Waals surface area (Å²) in [6.45, 7) is 4.30. The average molecular weight is 337 g/mol. The maximum absolute atomic E-state index is 13.0. The first-order valence-corrected chi connectivity index (χ1v) is 8.86. The summed E-state index contributed by atoms with van der Waals surface area (Å²) in [5, 5.41) is 5.88. The minimum Gasteiger partial charge on any atom is -0.493 e. The predicted octanol–water partition coefficient (Wildman–Crippen LogP) is 5.45.